The number of hydrogen-bond acceptors (Lipinski definition) is 5. The van der Waals surface area contributed by atoms with Crippen molar-refractivity contribution in [1.82, 2.24) is 15.0 Å². The van der Waals surface area contributed by atoms with Gasteiger partial charge in [0.2, 0.25) is 0 Å². The zero-order valence-corrected chi connectivity index (χ0v) is 12.1. The van der Waals surface area contributed by atoms with Crippen LogP contribution in [0.5, 0.6) is 0 Å². The summed E-state index contributed by atoms with van der Waals surface area (Å²) in [6.07, 6.45) is 1.80. The van der Waals surface area contributed by atoms with Crippen molar-refractivity contribution in [2.75, 3.05) is 18.1 Å². The number of anilines is 1. The molecule has 1 aliphatic rings. The molecule has 1 fully saturated rings. The fraction of sp³-hybridized carbons (Fsp3) is 0.357. The van der Waals surface area contributed by atoms with Crippen molar-refractivity contribution >= 4 is 11.6 Å². The summed E-state index contributed by atoms with van der Waals surface area (Å²) in [6, 6.07) is 2.05. The first kappa shape index (κ1) is 15.5. The highest BCUT2D eigenvalue weighted by Crippen LogP contribution is 2.31. The van der Waals surface area contributed by atoms with Crippen LogP contribution >= 0.6 is 0 Å². The maximum Gasteiger partial charge on any atom is 0.252 e. The minimum absolute atomic E-state index is 0.169. The second-order valence-electron chi connectivity index (χ2n) is 5.28. The number of para-hydroxylation sites is 1. The lowest BCUT2D eigenvalue weighted by Gasteiger charge is -2.18. The van der Waals surface area contributed by atoms with Crippen LogP contribution in [0.25, 0.3) is 0 Å². The molecule has 0 aliphatic carbocycles. The molecule has 1 aliphatic heterocycles. The molecule has 2 unspecified atom stereocenters. The Morgan fingerprint density at radius 3 is 2.74 bits per heavy atom. The van der Waals surface area contributed by atoms with Gasteiger partial charge in [0.15, 0.2) is 0 Å². The molecule has 1 aromatic carbocycles. The van der Waals surface area contributed by atoms with Crippen molar-refractivity contribution in [3.05, 3.63) is 41.7 Å². The lowest BCUT2D eigenvalue weighted by Crippen LogP contribution is -2.30. The first-order valence-electron chi connectivity index (χ1n) is 7.06. The third-order valence-corrected chi connectivity index (χ3v) is 3.81. The maximum absolute atomic E-state index is 13.8. The number of hydrogen-bond donors (Lipinski definition) is 2. The predicted molar refractivity (Wildman–Crippen MR) is 76.4 cm³/mol. The number of carbonyl (C=O) groups is 1. The van der Waals surface area contributed by atoms with Gasteiger partial charge in [-0.15, -0.1) is 5.10 Å². The Labute approximate surface area is 130 Å². The van der Waals surface area contributed by atoms with Crippen LogP contribution in [0, 0.1) is 11.6 Å². The molecule has 3 N–H and O–H groups in total. The minimum Gasteiger partial charge on any atom is -0.394 e. The van der Waals surface area contributed by atoms with Crippen molar-refractivity contribution in [3.63, 3.8) is 0 Å². The quantitative estimate of drug-likeness (QED) is 0.855. The summed E-state index contributed by atoms with van der Waals surface area (Å²) in [4.78, 5) is 13.6. The molecule has 23 heavy (non-hydrogen) atoms. The van der Waals surface area contributed by atoms with Crippen LogP contribution < -0.4 is 10.6 Å². The van der Waals surface area contributed by atoms with Gasteiger partial charge in [-0.2, -0.15) is 0 Å². The largest absolute Gasteiger partial charge is 0.394 e. The maximum atomic E-state index is 13.8. The molecule has 122 valence electrons. The summed E-state index contributed by atoms with van der Waals surface area (Å²) in [5, 5.41) is 16.6. The fourth-order valence-corrected chi connectivity index (χ4v) is 2.59. The normalized spacial score (nSPS) is 19.4. The molecule has 7 nitrogen and oxygen atoms in total. The van der Waals surface area contributed by atoms with Gasteiger partial charge < -0.3 is 15.7 Å². The van der Waals surface area contributed by atoms with Crippen molar-refractivity contribution in [3.8, 4) is 0 Å². The van der Waals surface area contributed by atoms with Gasteiger partial charge in [0, 0.05) is 6.54 Å². The molecule has 2 aromatic rings. The van der Waals surface area contributed by atoms with E-state index in [2.05, 4.69) is 10.3 Å². The van der Waals surface area contributed by atoms with Gasteiger partial charge in [-0.25, -0.2) is 13.5 Å². The molecule has 1 aromatic heterocycles. The molecule has 9 heteroatoms. The summed E-state index contributed by atoms with van der Waals surface area (Å²) in [6.45, 7) is -0.132. The van der Waals surface area contributed by atoms with Crippen LogP contribution in [0.2, 0.25) is 0 Å². The van der Waals surface area contributed by atoms with Gasteiger partial charge in [-0.1, -0.05) is 11.3 Å². The van der Waals surface area contributed by atoms with Crippen LogP contribution in [0.3, 0.4) is 0 Å². The van der Waals surface area contributed by atoms with E-state index in [-0.39, 0.29) is 18.8 Å². The summed E-state index contributed by atoms with van der Waals surface area (Å²) in [5.74, 6) is -2.05. The number of aliphatic hydroxyl groups is 1. The Morgan fingerprint density at radius 1 is 1.39 bits per heavy atom. The van der Waals surface area contributed by atoms with E-state index < -0.39 is 29.6 Å². The molecule has 0 radical (unpaired) electrons. The monoisotopic (exact) mass is 323 g/mol. The molecular formula is C14H15F2N5O2. The SMILES string of the molecule is NC(CO)c1cn(C2CCN(c3c(F)cccc3F)C2=O)nn1. The molecule has 0 bridgehead atoms. The Morgan fingerprint density at radius 2 is 2.09 bits per heavy atom. The number of nitrogens with two attached hydrogens (primary N) is 1. The van der Waals surface area contributed by atoms with Gasteiger partial charge in [0.1, 0.15) is 29.1 Å². The van der Waals surface area contributed by atoms with E-state index in [9.17, 15) is 13.6 Å². The fourth-order valence-electron chi connectivity index (χ4n) is 2.59. The topological polar surface area (TPSA) is 97.3 Å². The number of aliphatic hydroxyl groups excluding tert-OH is 1. The van der Waals surface area contributed by atoms with Crippen LogP contribution in [0.15, 0.2) is 24.4 Å². The molecule has 1 amide bonds. The Hall–Kier alpha value is -2.39. The summed E-state index contributed by atoms with van der Waals surface area (Å²) >= 11 is 0. The van der Waals surface area contributed by atoms with Gasteiger partial charge >= 0.3 is 0 Å². The lowest BCUT2D eigenvalue weighted by atomic mass is 10.2. The first-order valence-corrected chi connectivity index (χ1v) is 7.06. The smallest absolute Gasteiger partial charge is 0.252 e. The highest BCUT2D eigenvalue weighted by molar-refractivity contribution is 5.98. The van der Waals surface area contributed by atoms with E-state index in [0.29, 0.717) is 12.1 Å². The van der Waals surface area contributed by atoms with E-state index in [1.807, 2.05) is 0 Å². The van der Waals surface area contributed by atoms with Crippen molar-refractivity contribution in [1.29, 1.82) is 0 Å². The number of amides is 1. The van der Waals surface area contributed by atoms with E-state index in [1.165, 1.54) is 16.9 Å². The van der Waals surface area contributed by atoms with Gasteiger partial charge in [0.05, 0.1) is 18.8 Å². The van der Waals surface area contributed by atoms with Crippen LogP contribution in [0.4, 0.5) is 14.5 Å². The number of rotatable bonds is 4. The van der Waals surface area contributed by atoms with Gasteiger partial charge in [-0.3, -0.25) is 4.79 Å². The summed E-state index contributed by atoms with van der Waals surface area (Å²) in [7, 11) is 0. The zero-order chi connectivity index (χ0) is 16.6. The molecule has 0 spiro atoms. The molecule has 3 rings (SSSR count). The zero-order valence-electron chi connectivity index (χ0n) is 12.1. The molecular weight excluding hydrogens is 308 g/mol. The average Bonchev–Trinajstić information content (AvgIpc) is 3.14. The van der Waals surface area contributed by atoms with Crippen molar-refractivity contribution in [2.45, 2.75) is 18.5 Å². The Bertz CT molecular complexity index is 715. The highest BCUT2D eigenvalue weighted by Gasteiger charge is 2.37. The van der Waals surface area contributed by atoms with Gasteiger partial charge in [-0.05, 0) is 18.6 Å². The van der Waals surface area contributed by atoms with E-state index >= 15 is 0 Å². The molecule has 0 saturated carbocycles. The standard InChI is InChI=1S/C14H15F2N5O2/c15-8-2-1-3-9(16)13(8)20-5-4-12(14(20)23)21-6-11(18-19-21)10(17)7-22/h1-3,6,10,12,22H,4-5,7,17H2. The minimum atomic E-state index is -0.791. The van der Waals surface area contributed by atoms with Crippen LogP contribution in [-0.4, -0.2) is 39.2 Å². The van der Waals surface area contributed by atoms with Crippen LogP contribution in [-0.2, 0) is 4.79 Å². The molecule has 1 saturated heterocycles. The predicted octanol–water partition coefficient (Wildman–Crippen LogP) is 0.526. The second-order valence-corrected chi connectivity index (χ2v) is 5.28. The average molecular weight is 323 g/mol. The number of aromatic nitrogens is 3. The molecule has 2 atom stereocenters. The first-order chi connectivity index (χ1) is 11.0. The number of halogens is 2. The summed E-state index contributed by atoms with van der Waals surface area (Å²) in [5.41, 5.74) is 5.63. The number of benzene rings is 1. The highest BCUT2D eigenvalue weighted by atomic mass is 19.1. The number of carbonyl (C=O) groups excluding carboxylic acids is 1. The van der Waals surface area contributed by atoms with E-state index in [0.717, 1.165) is 17.0 Å². The Kier molecular flexibility index (Phi) is 4.05. The van der Waals surface area contributed by atoms with Crippen molar-refractivity contribution < 1.29 is 18.7 Å². The van der Waals surface area contributed by atoms with Crippen molar-refractivity contribution in [2.24, 2.45) is 5.73 Å². The Balaban J connectivity index is 1.86. The number of nitrogens with zero attached hydrogens (tertiary/aromatic N) is 4. The molecule has 2 heterocycles. The third-order valence-electron chi connectivity index (χ3n) is 3.81. The third kappa shape index (κ3) is 2.68. The van der Waals surface area contributed by atoms with Crippen LogP contribution in [0.1, 0.15) is 24.2 Å². The van der Waals surface area contributed by atoms with Gasteiger partial charge in [0.25, 0.3) is 5.91 Å². The van der Waals surface area contributed by atoms with E-state index in [1.54, 1.807) is 0 Å². The van der Waals surface area contributed by atoms with E-state index in [4.69, 9.17) is 10.8 Å². The second kappa shape index (κ2) is 6.01. The summed E-state index contributed by atoms with van der Waals surface area (Å²) < 4.78 is 29.0. The lowest BCUT2D eigenvalue weighted by molar-refractivity contribution is -0.120.